The highest BCUT2D eigenvalue weighted by Crippen LogP contribution is 2.34. The Morgan fingerprint density at radius 3 is 2.42 bits per heavy atom. The zero-order valence-electron chi connectivity index (χ0n) is 21.5. The van der Waals surface area contributed by atoms with Crippen molar-refractivity contribution >= 4 is 11.9 Å². The van der Waals surface area contributed by atoms with Crippen LogP contribution in [0.15, 0.2) is 48.2 Å². The Morgan fingerprint density at radius 1 is 1.27 bits per heavy atom. The molecule has 33 heavy (non-hydrogen) atoms. The maximum absolute atomic E-state index is 13.8. The van der Waals surface area contributed by atoms with E-state index >= 15 is 0 Å². The van der Waals surface area contributed by atoms with E-state index in [1.54, 1.807) is 24.9 Å². The normalized spacial score (nSPS) is 18.9. The van der Waals surface area contributed by atoms with E-state index in [9.17, 15) is 14.7 Å². The van der Waals surface area contributed by atoms with E-state index in [1.807, 2.05) is 40.7 Å². The molecule has 1 aromatic carbocycles. The van der Waals surface area contributed by atoms with Gasteiger partial charge in [-0.25, -0.2) is 4.79 Å². The highest BCUT2D eigenvalue weighted by Gasteiger charge is 2.38. The van der Waals surface area contributed by atoms with Crippen molar-refractivity contribution < 1.29 is 14.7 Å². The van der Waals surface area contributed by atoms with Gasteiger partial charge in [0.15, 0.2) is 0 Å². The second-order valence-electron chi connectivity index (χ2n) is 10.6. The maximum atomic E-state index is 13.8. The Hall–Kier alpha value is -2.60. The number of likely N-dealkylation sites (N-methyl/N-ethyl adjacent to an activating group) is 2. The van der Waals surface area contributed by atoms with Crippen molar-refractivity contribution in [3.63, 3.8) is 0 Å². The predicted molar refractivity (Wildman–Crippen MR) is 134 cm³/mol. The number of rotatable bonds is 8. The number of nitrogens with one attached hydrogen (secondary N) is 1. The fourth-order valence-corrected chi connectivity index (χ4v) is 4.49. The van der Waals surface area contributed by atoms with Gasteiger partial charge >= 0.3 is 5.97 Å². The number of nitrogens with zero attached hydrogens (tertiary/aromatic N) is 2. The lowest BCUT2D eigenvalue weighted by atomic mass is 9.84. The van der Waals surface area contributed by atoms with Crippen LogP contribution in [0.2, 0.25) is 0 Å². The molecular formula is C27H41N3O3. The first kappa shape index (κ1) is 26.7. The average molecular weight is 456 g/mol. The lowest BCUT2D eigenvalue weighted by molar-refractivity contribution is -0.137. The molecule has 0 aromatic heterocycles. The van der Waals surface area contributed by atoms with E-state index in [2.05, 4.69) is 42.0 Å². The first-order valence-corrected chi connectivity index (χ1v) is 11.7. The van der Waals surface area contributed by atoms with E-state index in [1.165, 1.54) is 11.1 Å². The molecule has 0 saturated carbocycles. The van der Waals surface area contributed by atoms with Crippen LogP contribution in [0, 0.1) is 11.3 Å². The minimum atomic E-state index is -0.973. The third-order valence-electron chi connectivity index (χ3n) is 6.53. The summed E-state index contributed by atoms with van der Waals surface area (Å²) in [5.74, 6) is -0.990. The molecule has 6 nitrogen and oxygen atoms in total. The minimum Gasteiger partial charge on any atom is -0.478 e. The molecule has 1 aliphatic rings. The molecule has 0 fully saturated rings. The Balaban J connectivity index is 2.35. The first-order chi connectivity index (χ1) is 15.3. The number of carbonyl (C=O) groups excluding carboxylic acids is 1. The molecule has 0 spiro atoms. The highest BCUT2D eigenvalue weighted by molar-refractivity contribution is 5.87. The Morgan fingerprint density at radius 2 is 1.88 bits per heavy atom. The van der Waals surface area contributed by atoms with Gasteiger partial charge in [-0.2, -0.15) is 0 Å². The maximum Gasteiger partial charge on any atom is 0.331 e. The van der Waals surface area contributed by atoms with Gasteiger partial charge < -0.3 is 15.3 Å². The van der Waals surface area contributed by atoms with Crippen LogP contribution < -0.4 is 5.32 Å². The van der Waals surface area contributed by atoms with Crippen molar-refractivity contribution in [3.8, 4) is 0 Å². The fraction of sp³-hybridized carbons (Fsp3) is 0.556. The Bertz CT molecular complexity index is 913. The van der Waals surface area contributed by atoms with Crippen LogP contribution in [0.1, 0.15) is 58.7 Å². The highest BCUT2D eigenvalue weighted by atomic mass is 16.4. The van der Waals surface area contributed by atoms with Crippen LogP contribution in [0.3, 0.4) is 0 Å². The molecule has 3 atom stereocenters. The molecule has 2 rings (SSSR count). The van der Waals surface area contributed by atoms with Crippen molar-refractivity contribution in [2.75, 3.05) is 20.6 Å². The smallest absolute Gasteiger partial charge is 0.331 e. The molecule has 2 N–H and O–H groups in total. The predicted octanol–water partition coefficient (Wildman–Crippen LogP) is 4.25. The second kappa shape index (κ2) is 10.6. The van der Waals surface area contributed by atoms with Gasteiger partial charge in [0.2, 0.25) is 5.91 Å². The van der Waals surface area contributed by atoms with E-state index in [-0.39, 0.29) is 34.9 Å². The van der Waals surface area contributed by atoms with Gasteiger partial charge in [-0.3, -0.25) is 9.69 Å². The number of fused-ring (bicyclic) bond motifs is 1. The summed E-state index contributed by atoms with van der Waals surface area (Å²) in [6.45, 7) is 16.9. The van der Waals surface area contributed by atoms with E-state index in [0.29, 0.717) is 0 Å². The molecule has 0 aliphatic carbocycles. The lowest BCUT2D eigenvalue weighted by Gasteiger charge is -2.41. The molecule has 0 saturated heterocycles. The molecule has 1 unspecified atom stereocenters. The number of hydrogen-bond donors (Lipinski definition) is 2. The second-order valence-corrected chi connectivity index (χ2v) is 10.6. The zero-order valence-corrected chi connectivity index (χ0v) is 21.5. The van der Waals surface area contributed by atoms with Crippen molar-refractivity contribution in [1.82, 2.24) is 15.1 Å². The van der Waals surface area contributed by atoms with Gasteiger partial charge in [-0.05, 0) is 42.9 Å². The summed E-state index contributed by atoms with van der Waals surface area (Å²) in [5.41, 5.74) is 3.18. The van der Waals surface area contributed by atoms with Gasteiger partial charge in [0, 0.05) is 24.9 Å². The summed E-state index contributed by atoms with van der Waals surface area (Å²) in [6.07, 6.45) is 2.66. The van der Waals surface area contributed by atoms with Crippen LogP contribution in [0.25, 0.3) is 0 Å². The average Bonchev–Trinajstić information content (AvgIpc) is 2.73. The molecule has 1 aromatic rings. The van der Waals surface area contributed by atoms with E-state index < -0.39 is 12.0 Å². The number of benzene rings is 1. The number of carboxylic acid groups (broad SMARTS) is 1. The number of carbonyl (C=O) groups is 2. The third kappa shape index (κ3) is 6.26. The van der Waals surface area contributed by atoms with Gasteiger partial charge in [0.25, 0.3) is 0 Å². The SMILES string of the molecule is C=C(N[C@H](C(=O)N(C)[C@H](/C=C(\C)C(=O)O)C(C)C)C(C)(C)C)C1c2ccccc2CCN1C. The number of hydrogen-bond acceptors (Lipinski definition) is 4. The number of amides is 1. The summed E-state index contributed by atoms with van der Waals surface area (Å²) in [5, 5.41) is 12.8. The van der Waals surface area contributed by atoms with Crippen LogP contribution in [0.4, 0.5) is 0 Å². The molecule has 1 amide bonds. The Labute approximate surface area is 199 Å². The van der Waals surface area contributed by atoms with E-state index in [4.69, 9.17) is 0 Å². The molecule has 6 heteroatoms. The van der Waals surface area contributed by atoms with Crippen LogP contribution in [-0.4, -0.2) is 59.5 Å². The summed E-state index contributed by atoms with van der Waals surface area (Å²) in [4.78, 5) is 29.1. The quantitative estimate of drug-likeness (QED) is 0.574. The van der Waals surface area contributed by atoms with Gasteiger partial charge in [-0.1, -0.05) is 71.5 Å². The monoisotopic (exact) mass is 455 g/mol. The largest absolute Gasteiger partial charge is 0.478 e. The molecule has 0 radical (unpaired) electrons. The first-order valence-electron chi connectivity index (χ1n) is 11.7. The standard InChI is InChI=1S/C27H41N3O3/c1-17(2)22(16-18(3)26(32)33)30(9)25(31)24(27(5,6)7)28-19(4)23-21-13-11-10-12-20(21)14-15-29(23)8/h10-13,16-17,22-24,28H,4,14-15H2,1-3,5-9H3,(H,32,33)/b18-16+/t22-,23?,24-/m1/s1. The molecule has 1 aliphatic heterocycles. The van der Waals surface area contributed by atoms with Gasteiger partial charge in [0.1, 0.15) is 6.04 Å². The van der Waals surface area contributed by atoms with Gasteiger partial charge in [-0.15, -0.1) is 0 Å². The molecule has 1 heterocycles. The minimum absolute atomic E-state index is 0.0204. The summed E-state index contributed by atoms with van der Waals surface area (Å²) < 4.78 is 0. The summed E-state index contributed by atoms with van der Waals surface area (Å²) >= 11 is 0. The van der Waals surface area contributed by atoms with Crippen LogP contribution >= 0.6 is 0 Å². The molecule has 0 bridgehead atoms. The summed E-state index contributed by atoms with van der Waals surface area (Å²) in [6, 6.07) is 7.54. The van der Waals surface area contributed by atoms with E-state index in [0.717, 1.165) is 18.7 Å². The van der Waals surface area contributed by atoms with Gasteiger partial charge in [0.05, 0.1) is 12.1 Å². The van der Waals surface area contributed by atoms with Crippen molar-refractivity contribution in [1.29, 1.82) is 0 Å². The Kier molecular flexibility index (Phi) is 8.52. The summed E-state index contributed by atoms with van der Waals surface area (Å²) in [7, 11) is 3.84. The van der Waals surface area contributed by atoms with Crippen molar-refractivity contribution in [3.05, 3.63) is 59.3 Å². The topological polar surface area (TPSA) is 72.9 Å². The number of aliphatic carboxylic acids is 1. The van der Waals surface area contributed by atoms with Crippen LogP contribution in [0.5, 0.6) is 0 Å². The third-order valence-corrected chi connectivity index (χ3v) is 6.53. The molecular weight excluding hydrogens is 414 g/mol. The van der Waals surface area contributed by atoms with Crippen LogP contribution in [-0.2, 0) is 16.0 Å². The fourth-order valence-electron chi connectivity index (χ4n) is 4.49. The lowest BCUT2D eigenvalue weighted by Crippen LogP contribution is -2.55. The zero-order chi connectivity index (χ0) is 25.1. The number of carboxylic acids is 1. The van der Waals surface area contributed by atoms with Crippen molar-refractivity contribution in [2.24, 2.45) is 11.3 Å². The molecule has 182 valence electrons. The van der Waals surface area contributed by atoms with Crippen molar-refractivity contribution in [2.45, 2.75) is 66.1 Å².